The molecule has 0 bridgehead atoms. The van der Waals surface area contributed by atoms with Crippen LogP contribution < -0.4 is 5.43 Å². The Morgan fingerprint density at radius 3 is 2.50 bits per heavy atom. The molecule has 0 aliphatic carbocycles. The summed E-state index contributed by atoms with van der Waals surface area (Å²) in [6.07, 6.45) is 1.59. The molecule has 0 unspecified atom stereocenters. The van der Waals surface area contributed by atoms with E-state index < -0.39 is 0 Å². The number of nitrogens with zero attached hydrogens (tertiary/aromatic N) is 2. The molecule has 3 rings (SSSR count). The van der Waals surface area contributed by atoms with E-state index in [4.69, 9.17) is 46.4 Å². The molecule has 0 atom stereocenters. The van der Waals surface area contributed by atoms with E-state index in [1.165, 1.54) is 11.3 Å². The van der Waals surface area contributed by atoms with E-state index in [-0.39, 0.29) is 0 Å². The van der Waals surface area contributed by atoms with Crippen molar-refractivity contribution in [1.29, 1.82) is 0 Å². The number of hydrogen-bond acceptors (Lipinski definition) is 4. The SMILES string of the molecule is Clc1ccc(-c2csc(N/N=C\c3cc(Cl)ccc3Cl)n2)c(Cl)c1. The molecule has 3 aromatic rings. The number of rotatable bonds is 4. The lowest BCUT2D eigenvalue weighted by molar-refractivity contribution is 1.29. The van der Waals surface area contributed by atoms with Gasteiger partial charge in [-0.25, -0.2) is 4.98 Å². The first-order valence-corrected chi connectivity index (χ1v) is 9.07. The summed E-state index contributed by atoms with van der Waals surface area (Å²) in [6.45, 7) is 0. The standard InChI is InChI=1S/C16H9Cl4N3S/c17-10-2-4-13(19)9(5-10)7-21-23-16-22-15(8-24-16)12-3-1-11(18)6-14(12)20/h1-8H,(H,22,23)/b21-7-. The first-order chi connectivity index (χ1) is 11.5. The third kappa shape index (κ3) is 4.21. The summed E-state index contributed by atoms with van der Waals surface area (Å²) in [5.74, 6) is 0. The maximum Gasteiger partial charge on any atom is 0.203 e. The average Bonchev–Trinajstić information content (AvgIpc) is 2.99. The molecule has 0 fully saturated rings. The molecule has 1 heterocycles. The van der Waals surface area contributed by atoms with Crippen molar-refractivity contribution in [2.75, 3.05) is 5.43 Å². The van der Waals surface area contributed by atoms with Gasteiger partial charge < -0.3 is 0 Å². The Bertz CT molecular complexity index is 908. The van der Waals surface area contributed by atoms with Gasteiger partial charge in [-0.2, -0.15) is 5.10 Å². The molecule has 2 aromatic carbocycles. The summed E-state index contributed by atoms with van der Waals surface area (Å²) < 4.78 is 0. The first-order valence-electron chi connectivity index (χ1n) is 6.68. The van der Waals surface area contributed by atoms with Crippen LogP contribution in [0.25, 0.3) is 11.3 Å². The largest absolute Gasteiger partial charge is 0.253 e. The highest BCUT2D eigenvalue weighted by molar-refractivity contribution is 7.14. The number of aromatic nitrogens is 1. The second kappa shape index (κ2) is 7.72. The first kappa shape index (κ1) is 17.5. The van der Waals surface area contributed by atoms with Crippen molar-refractivity contribution >= 4 is 69.1 Å². The molecule has 0 amide bonds. The summed E-state index contributed by atoms with van der Waals surface area (Å²) in [7, 11) is 0. The number of hydrogen-bond donors (Lipinski definition) is 1. The van der Waals surface area contributed by atoms with E-state index >= 15 is 0 Å². The van der Waals surface area contributed by atoms with Gasteiger partial charge in [-0.05, 0) is 36.4 Å². The molecule has 0 aliphatic heterocycles. The summed E-state index contributed by atoms with van der Waals surface area (Å²) in [5, 5.41) is 8.94. The summed E-state index contributed by atoms with van der Waals surface area (Å²) in [5.41, 5.74) is 5.15. The molecule has 122 valence electrons. The van der Waals surface area contributed by atoms with Gasteiger partial charge in [0, 0.05) is 31.6 Å². The van der Waals surface area contributed by atoms with Crippen molar-refractivity contribution < 1.29 is 0 Å². The van der Waals surface area contributed by atoms with Crippen LogP contribution in [0.2, 0.25) is 20.1 Å². The van der Waals surface area contributed by atoms with Gasteiger partial charge in [0.05, 0.1) is 16.9 Å². The maximum absolute atomic E-state index is 6.19. The molecule has 8 heteroatoms. The number of halogens is 4. The van der Waals surface area contributed by atoms with E-state index in [1.54, 1.807) is 36.5 Å². The van der Waals surface area contributed by atoms with E-state index in [0.29, 0.717) is 30.8 Å². The third-order valence-electron chi connectivity index (χ3n) is 3.03. The van der Waals surface area contributed by atoms with Crippen LogP contribution in [0.3, 0.4) is 0 Å². The predicted molar refractivity (Wildman–Crippen MR) is 105 cm³/mol. The van der Waals surface area contributed by atoms with Gasteiger partial charge in [0.1, 0.15) is 0 Å². The molecule has 1 aromatic heterocycles. The van der Waals surface area contributed by atoms with Crippen molar-refractivity contribution in [2.24, 2.45) is 5.10 Å². The van der Waals surface area contributed by atoms with Gasteiger partial charge in [-0.3, -0.25) is 5.43 Å². The van der Waals surface area contributed by atoms with Crippen molar-refractivity contribution in [2.45, 2.75) is 0 Å². The molecule has 24 heavy (non-hydrogen) atoms. The minimum absolute atomic E-state index is 0.550. The highest BCUT2D eigenvalue weighted by atomic mass is 35.5. The molecule has 0 aliphatic rings. The third-order valence-corrected chi connectivity index (χ3v) is 4.91. The van der Waals surface area contributed by atoms with Crippen molar-refractivity contribution in [1.82, 2.24) is 4.98 Å². The van der Waals surface area contributed by atoms with E-state index in [1.807, 2.05) is 11.4 Å². The Balaban J connectivity index is 1.74. The highest BCUT2D eigenvalue weighted by Crippen LogP contribution is 2.32. The topological polar surface area (TPSA) is 37.3 Å². The monoisotopic (exact) mass is 415 g/mol. The molecular formula is C16H9Cl4N3S. The van der Waals surface area contributed by atoms with E-state index in [9.17, 15) is 0 Å². The summed E-state index contributed by atoms with van der Waals surface area (Å²) in [6, 6.07) is 10.5. The fourth-order valence-electron chi connectivity index (χ4n) is 1.92. The lowest BCUT2D eigenvalue weighted by Gasteiger charge is -2.01. The maximum atomic E-state index is 6.19. The van der Waals surface area contributed by atoms with E-state index in [2.05, 4.69) is 15.5 Å². The average molecular weight is 417 g/mol. The number of benzene rings is 2. The van der Waals surface area contributed by atoms with Crippen LogP contribution in [0.1, 0.15) is 5.56 Å². The van der Waals surface area contributed by atoms with Gasteiger partial charge in [0.25, 0.3) is 0 Å². The Kier molecular flexibility index (Phi) is 5.64. The lowest BCUT2D eigenvalue weighted by atomic mass is 10.2. The molecule has 0 saturated carbocycles. The van der Waals surface area contributed by atoms with Crippen molar-refractivity contribution in [3.63, 3.8) is 0 Å². The van der Waals surface area contributed by atoms with Gasteiger partial charge in [0.15, 0.2) is 0 Å². The lowest BCUT2D eigenvalue weighted by Crippen LogP contribution is -1.91. The Hall–Kier alpha value is -1.30. The highest BCUT2D eigenvalue weighted by Gasteiger charge is 2.08. The normalized spacial score (nSPS) is 11.2. The van der Waals surface area contributed by atoms with Crippen LogP contribution >= 0.6 is 57.7 Å². The molecule has 3 nitrogen and oxygen atoms in total. The quantitative estimate of drug-likeness (QED) is 0.372. The number of anilines is 1. The molecule has 0 radical (unpaired) electrons. The molecule has 0 saturated heterocycles. The second-order valence-corrected chi connectivity index (χ2v) is 7.24. The second-order valence-electron chi connectivity index (χ2n) is 4.70. The van der Waals surface area contributed by atoms with Gasteiger partial charge in [0.2, 0.25) is 5.13 Å². The fraction of sp³-hybridized carbons (Fsp3) is 0. The zero-order valence-corrected chi connectivity index (χ0v) is 15.8. The molecule has 1 N–H and O–H groups in total. The smallest absolute Gasteiger partial charge is 0.203 e. The Morgan fingerprint density at radius 2 is 1.71 bits per heavy atom. The molecule has 0 spiro atoms. The van der Waals surface area contributed by atoms with Crippen molar-refractivity contribution in [3.8, 4) is 11.3 Å². The zero-order valence-electron chi connectivity index (χ0n) is 11.9. The van der Waals surface area contributed by atoms with Crippen LogP contribution in [0.4, 0.5) is 5.13 Å². The summed E-state index contributed by atoms with van der Waals surface area (Å²) in [4.78, 5) is 4.45. The number of thiazole rings is 1. The zero-order chi connectivity index (χ0) is 17.1. The summed E-state index contributed by atoms with van der Waals surface area (Å²) >= 11 is 25.5. The van der Waals surface area contributed by atoms with Crippen LogP contribution in [0.15, 0.2) is 46.9 Å². The van der Waals surface area contributed by atoms with Crippen LogP contribution in [-0.4, -0.2) is 11.2 Å². The van der Waals surface area contributed by atoms with Gasteiger partial charge >= 0.3 is 0 Å². The minimum Gasteiger partial charge on any atom is -0.253 e. The van der Waals surface area contributed by atoms with Crippen LogP contribution in [-0.2, 0) is 0 Å². The Labute approximate surface area is 162 Å². The van der Waals surface area contributed by atoms with Gasteiger partial charge in [-0.15, -0.1) is 11.3 Å². The number of nitrogens with one attached hydrogen (secondary N) is 1. The van der Waals surface area contributed by atoms with Gasteiger partial charge in [-0.1, -0.05) is 46.4 Å². The minimum atomic E-state index is 0.550. The van der Waals surface area contributed by atoms with Crippen LogP contribution in [0, 0.1) is 0 Å². The number of hydrazone groups is 1. The van der Waals surface area contributed by atoms with Crippen molar-refractivity contribution in [3.05, 3.63) is 67.4 Å². The van der Waals surface area contributed by atoms with E-state index in [0.717, 1.165) is 11.3 Å². The molecular weight excluding hydrogens is 408 g/mol. The Morgan fingerprint density at radius 1 is 0.958 bits per heavy atom. The fourth-order valence-corrected chi connectivity index (χ4v) is 3.43. The van der Waals surface area contributed by atoms with Crippen LogP contribution in [0.5, 0.6) is 0 Å². The predicted octanol–water partition coefficient (Wildman–Crippen LogP) is 6.87.